The van der Waals surface area contributed by atoms with Crippen LogP contribution >= 0.6 is 0 Å². The summed E-state index contributed by atoms with van der Waals surface area (Å²) >= 11 is 0. The molecule has 2 N–H and O–H groups in total. The number of carbonyl (C=O) groups excluding carboxylic acids is 2. The molecule has 2 aromatic rings. The summed E-state index contributed by atoms with van der Waals surface area (Å²) in [7, 11) is 0. The molecule has 0 unspecified atom stereocenters. The maximum Gasteiger partial charge on any atom is 0.226 e. The van der Waals surface area contributed by atoms with Crippen LogP contribution in [-0.4, -0.2) is 22.0 Å². The van der Waals surface area contributed by atoms with E-state index in [1.807, 2.05) is 20.8 Å². The van der Waals surface area contributed by atoms with Crippen molar-refractivity contribution in [2.24, 2.45) is 0 Å². The third kappa shape index (κ3) is 5.98. The highest BCUT2D eigenvalue weighted by Crippen LogP contribution is 2.19. The van der Waals surface area contributed by atoms with Gasteiger partial charge in [0.2, 0.25) is 17.7 Å². The number of anilines is 2. The average molecular weight is 358 g/mol. The normalized spacial score (nSPS) is 11.2. The summed E-state index contributed by atoms with van der Waals surface area (Å²) in [4.78, 5) is 27.9. The molecule has 0 radical (unpaired) electrons. The standard InChI is InChI=1S/C19H26N4O3/c1-5-15(24)20-13-8-6-9-14(12-13)21-16(25)10-7-11-17-22-18(23-26-17)19(2,3)4/h6,8-9,12H,5,7,10-11H2,1-4H3,(H,20,24)(H,21,25). The quantitative estimate of drug-likeness (QED) is 0.787. The SMILES string of the molecule is CCC(=O)Nc1cccc(NC(=O)CCCc2nc(C(C)(C)C)no2)c1. The average Bonchev–Trinajstić information content (AvgIpc) is 3.04. The number of amides is 2. The Bertz CT molecular complexity index is 762. The lowest BCUT2D eigenvalue weighted by atomic mass is 9.96. The number of hydrogen-bond donors (Lipinski definition) is 2. The molecule has 26 heavy (non-hydrogen) atoms. The number of rotatable bonds is 7. The molecule has 0 aliphatic carbocycles. The van der Waals surface area contributed by atoms with Crippen LogP contribution in [0.15, 0.2) is 28.8 Å². The maximum atomic E-state index is 12.1. The molecule has 0 saturated carbocycles. The lowest BCUT2D eigenvalue weighted by Gasteiger charge is -2.10. The van der Waals surface area contributed by atoms with E-state index in [0.29, 0.717) is 48.8 Å². The summed E-state index contributed by atoms with van der Waals surface area (Å²) in [6.07, 6.45) is 1.93. The van der Waals surface area contributed by atoms with Crippen molar-refractivity contribution in [3.05, 3.63) is 36.0 Å². The van der Waals surface area contributed by atoms with Crippen molar-refractivity contribution < 1.29 is 14.1 Å². The second kappa shape index (κ2) is 8.60. The van der Waals surface area contributed by atoms with Gasteiger partial charge in [0, 0.05) is 36.1 Å². The van der Waals surface area contributed by atoms with Crippen molar-refractivity contribution >= 4 is 23.2 Å². The van der Waals surface area contributed by atoms with Gasteiger partial charge in [-0.05, 0) is 24.6 Å². The maximum absolute atomic E-state index is 12.1. The van der Waals surface area contributed by atoms with Gasteiger partial charge in [-0.1, -0.05) is 38.9 Å². The number of aryl methyl sites for hydroxylation is 1. The summed E-state index contributed by atoms with van der Waals surface area (Å²) in [6.45, 7) is 7.85. The van der Waals surface area contributed by atoms with E-state index in [4.69, 9.17) is 4.52 Å². The summed E-state index contributed by atoms with van der Waals surface area (Å²) in [6, 6.07) is 7.09. The Morgan fingerprint density at radius 2 is 1.77 bits per heavy atom. The van der Waals surface area contributed by atoms with Crippen molar-refractivity contribution in [3.8, 4) is 0 Å². The first-order valence-electron chi connectivity index (χ1n) is 8.80. The van der Waals surface area contributed by atoms with Gasteiger partial charge in [0.25, 0.3) is 0 Å². The molecule has 0 fully saturated rings. The van der Waals surface area contributed by atoms with Crippen LogP contribution < -0.4 is 10.6 Å². The van der Waals surface area contributed by atoms with Crippen LogP contribution in [0.1, 0.15) is 58.7 Å². The molecule has 1 aromatic heterocycles. The van der Waals surface area contributed by atoms with Gasteiger partial charge < -0.3 is 15.2 Å². The molecule has 2 amide bonds. The smallest absolute Gasteiger partial charge is 0.226 e. The Labute approximate surface area is 153 Å². The zero-order valence-electron chi connectivity index (χ0n) is 15.8. The number of nitrogens with zero attached hydrogens (tertiary/aromatic N) is 2. The third-order valence-corrected chi connectivity index (χ3v) is 3.68. The third-order valence-electron chi connectivity index (χ3n) is 3.68. The minimum Gasteiger partial charge on any atom is -0.339 e. The second-order valence-electron chi connectivity index (χ2n) is 7.15. The minimum absolute atomic E-state index is 0.0670. The van der Waals surface area contributed by atoms with Gasteiger partial charge in [-0.15, -0.1) is 0 Å². The fraction of sp³-hybridized carbons (Fsp3) is 0.474. The van der Waals surface area contributed by atoms with Gasteiger partial charge in [-0.2, -0.15) is 4.98 Å². The Kier molecular flexibility index (Phi) is 6.49. The molecule has 1 aromatic carbocycles. The van der Waals surface area contributed by atoms with E-state index in [1.165, 1.54) is 0 Å². The van der Waals surface area contributed by atoms with E-state index >= 15 is 0 Å². The zero-order chi connectivity index (χ0) is 19.2. The van der Waals surface area contributed by atoms with E-state index < -0.39 is 0 Å². The molecule has 0 spiro atoms. The van der Waals surface area contributed by atoms with E-state index in [2.05, 4.69) is 20.8 Å². The van der Waals surface area contributed by atoms with Gasteiger partial charge >= 0.3 is 0 Å². The van der Waals surface area contributed by atoms with Crippen LogP contribution in [0.3, 0.4) is 0 Å². The fourth-order valence-electron chi connectivity index (χ4n) is 2.21. The van der Waals surface area contributed by atoms with Crippen molar-refractivity contribution in [1.82, 2.24) is 10.1 Å². The molecule has 1 heterocycles. The van der Waals surface area contributed by atoms with Crippen LogP contribution in [0.4, 0.5) is 11.4 Å². The van der Waals surface area contributed by atoms with Crippen molar-refractivity contribution in [1.29, 1.82) is 0 Å². The summed E-state index contributed by atoms with van der Waals surface area (Å²) in [5, 5.41) is 9.57. The molecule has 0 aliphatic heterocycles. The highest BCUT2D eigenvalue weighted by molar-refractivity contribution is 5.93. The number of hydrogen-bond acceptors (Lipinski definition) is 5. The lowest BCUT2D eigenvalue weighted by Crippen LogP contribution is -2.13. The minimum atomic E-state index is -0.155. The van der Waals surface area contributed by atoms with Crippen molar-refractivity contribution in [3.63, 3.8) is 0 Å². The second-order valence-corrected chi connectivity index (χ2v) is 7.15. The van der Waals surface area contributed by atoms with E-state index in [9.17, 15) is 9.59 Å². The Hall–Kier alpha value is -2.70. The molecule has 2 rings (SSSR count). The molecule has 0 aliphatic rings. The van der Waals surface area contributed by atoms with Crippen LogP contribution in [0, 0.1) is 0 Å². The Balaban J connectivity index is 1.81. The summed E-state index contributed by atoms with van der Waals surface area (Å²) in [5.74, 6) is 1.05. The predicted molar refractivity (Wildman–Crippen MR) is 99.9 cm³/mol. The number of nitrogens with one attached hydrogen (secondary N) is 2. The van der Waals surface area contributed by atoms with Crippen LogP contribution in [0.25, 0.3) is 0 Å². The number of carbonyl (C=O) groups is 2. The monoisotopic (exact) mass is 358 g/mol. The van der Waals surface area contributed by atoms with Gasteiger partial charge in [-0.3, -0.25) is 9.59 Å². The number of aromatic nitrogens is 2. The van der Waals surface area contributed by atoms with Crippen LogP contribution in [0.2, 0.25) is 0 Å². The lowest BCUT2D eigenvalue weighted by molar-refractivity contribution is -0.116. The van der Waals surface area contributed by atoms with Gasteiger partial charge in [0.05, 0.1) is 0 Å². The highest BCUT2D eigenvalue weighted by atomic mass is 16.5. The first-order chi connectivity index (χ1) is 12.3. The predicted octanol–water partition coefficient (Wildman–Crippen LogP) is 3.68. The first kappa shape index (κ1) is 19.6. The molecule has 0 saturated heterocycles. The fourth-order valence-corrected chi connectivity index (χ4v) is 2.21. The Morgan fingerprint density at radius 1 is 1.12 bits per heavy atom. The zero-order valence-corrected chi connectivity index (χ0v) is 15.8. The Morgan fingerprint density at radius 3 is 2.35 bits per heavy atom. The largest absolute Gasteiger partial charge is 0.339 e. The molecular weight excluding hydrogens is 332 g/mol. The molecule has 7 nitrogen and oxygen atoms in total. The highest BCUT2D eigenvalue weighted by Gasteiger charge is 2.20. The topological polar surface area (TPSA) is 97.1 Å². The van der Waals surface area contributed by atoms with E-state index in [-0.39, 0.29) is 17.2 Å². The summed E-state index contributed by atoms with van der Waals surface area (Å²) < 4.78 is 5.22. The molecule has 0 atom stereocenters. The molecular formula is C19H26N4O3. The van der Waals surface area contributed by atoms with E-state index in [0.717, 1.165) is 0 Å². The first-order valence-corrected chi connectivity index (χ1v) is 8.80. The summed E-state index contributed by atoms with van der Waals surface area (Å²) in [5.41, 5.74) is 1.16. The molecule has 0 bridgehead atoms. The van der Waals surface area contributed by atoms with Crippen LogP contribution in [-0.2, 0) is 21.4 Å². The van der Waals surface area contributed by atoms with Crippen LogP contribution in [0.5, 0.6) is 0 Å². The van der Waals surface area contributed by atoms with Gasteiger partial charge in [-0.25, -0.2) is 0 Å². The van der Waals surface area contributed by atoms with Gasteiger partial charge in [0.15, 0.2) is 5.82 Å². The molecule has 7 heteroatoms. The van der Waals surface area contributed by atoms with Crippen molar-refractivity contribution in [2.75, 3.05) is 10.6 Å². The van der Waals surface area contributed by atoms with E-state index in [1.54, 1.807) is 31.2 Å². The van der Waals surface area contributed by atoms with Crippen molar-refractivity contribution in [2.45, 2.75) is 58.8 Å². The number of benzene rings is 1. The molecule has 140 valence electrons. The van der Waals surface area contributed by atoms with Gasteiger partial charge in [0.1, 0.15) is 0 Å².